The molecule has 0 amide bonds. The van der Waals surface area contributed by atoms with Gasteiger partial charge in [0.25, 0.3) is 0 Å². The van der Waals surface area contributed by atoms with Gasteiger partial charge in [-0.25, -0.2) is 0 Å². The number of nitrogens with one attached hydrogen (secondary N) is 1. The van der Waals surface area contributed by atoms with E-state index in [0.717, 1.165) is 12.7 Å². The van der Waals surface area contributed by atoms with Crippen LogP contribution in [0.3, 0.4) is 0 Å². The summed E-state index contributed by atoms with van der Waals surface area (Å²) in [5, 5.41) is 0. The van der Waals surface area contributed by atoms with Crippen molar-refractivity contribution in [1.29, 1.82) is 0 Å². The maximum absolute atomic E-state index is 10.6. The van der Waals surface area contributed by atoms with E-state index in [2.05, 4.69) is 11.9 Å². The van der Waals surface area contributed by atoms with Crippen LogP contribution in [-0.2, 0) is 6.42 Å². The van der Waals surface area contributed by atoms with Gasteiger partial charge in [-0.15, -0.1) is 0 Å². The van der Waals surface area contributed by atoms with Crippen molar-refractivity contribution < 1.29 is 4.79 Å². The molecular weight excluding hydrogens is 258 g/mol. The van der Waals surface area contributed by atoms with Crippen molar-refractivity contribution in [1.82, 2.24) is 4.98 Å². The van der Waals surface area contributed by atoms with Crippen LogP contribution in [0.25, 0.3) is 0 Å². The van der Waals surface area contributed by atoms with Gasteiger partial charge in [-0.05, 0) is 24.5 Å². The molecule has 1 heterocycles. The first-order valence-electron chi connectivity index (χ1n) is 8.99. The number of rotatable bonds is 14. The second-order valence-electron chi connectivity index (χ2n) is 6.22. The van der Waals surface area contributed by atoms with E-state index >= 15 is 0 Å². The minimum Gasteiger partial charge on any atom is -0.359 e. The first kappa shape index (κ1) is 18.0. The van der Waals surface area contributed by atoms with Crippen molar-refractivity contribution in [3.63, 3.8) is 0 Å². The Morgan fingerprint density at radius 3 is 1.86 bits per heavy atom. The average molecular weight is 291 g/mol. The predicted octanol–water partition coefficient (Wildman–Crippen LogP) is 6.07. The largest absolute Gasteiger partial charge is 0.359 e. The van der Waals surface area contributed by atoms with Gasteiger partial charge in [0.1, 0.15) is 0 Å². The molecule has 0 aliphatic rings. The van der Waals surface area contributed by atoms with E-state index in [-0.39, 0.29) is 0 Å². The van der Waals surface area contributed by atoms with Gasteiger partial charge < -0.3 is 4.98 Å². The van der Waals surface area contributed by atoms with Gasteiger partial charge in [0.2, 0.25) is 0 Å². The number of aldehydes is 1. The molecule has 1 aromatic rings. The molecule has 0 aromatic carbocycles. The molecule has 2 nitrogen and oxygen atoms in total. The Morgan fingerprint density at radius 1 is 0.857 bits per heavy atom. The number of aromatic nitrogens is 1. The molecule has 0 saturated carbocycles. The van der Waals surface area contributed by atoms with Crippen molar-refractivity contribution in [3.05, 3.63) is 23.5 Å². The SMILES string of the molecule is CCCCCCCCCCCCCCc1c[nH]c(C=O)c1. The summed E-state index contributed by atoms with van der Waals surface area (Å²) in [6.07, 6.45) is 20.6. The lowest BCUT2D eigenvalue weighted by Gasteiger charge is -2.02. The third kappa shape index (κ3) is 9.49. The molecule has 0 unspecified atom stereocenters. The fourth-order valence-electron chi connectivity index (χ4n) is 2.84. The highest BCUT2D eigenvalue weighted by atomic mass is 16.1. The molecule has 1 aromatic heterocycles. The minimum atomic E-state index is 0.698. The molecule has 0 spiro atoms. The summed E-state index contributed by atoms with van der Waals surface area (Å²) < 4.78 is 0. The summed E-state index contributed by atoms with van der Waals surface area (Å²) in [6, 6.07) is 1.96. The topological polar surface area (TPSA) is 32.9 Å². The van der Waals surface area contributed by atoms with Crippen LogP contribution in [0, 0.1) is 0 Å². The van der Waals surface area contributed by atoms with Crippen LogP contribution in [0.1, 0.15) is 100 Å². The predicted molar refractivity (Wildman–Crippen MR) is 91.0 cm³/mol. The van der Waals surface area contributed by atoms with E-state index in [1.807, 2.05) is 12.3 Å². The number of H-pyrrole nitrogens is 1. The highest BCUT2D eigenvalue weighted by molar-refractivity contribution is 5.72. The molecule has 120 valence electrons. The summed E-state index contributed by atoms with van der Waals surface area (Å²) in [4.78, 5) is 13.5. The van der Waals surface area contributed by atoms with Gasteiger partial charge in [0.05, 0.1) is 5.69 Å². The van der Waals surface area contributed by atoms with Gasteiger partial charge in [-0.2, -0.15) is 0 Å². The zero-order valence-corrected chi connectivity index (χ0v) is 13.8. The Kier molecular flexibility index (Phi) is 10.9. The highest BCUT2D eigenvalue weighted by Crippen LogP contribution is 2.13. The molecule has 21 heavy (non-hydrogen) atoms. The summed E-state index contributed by atoms with van der Waals surface area (Å²) in [5.41, 5.74) is 1.97. The lowest BCUT2D eigenvalue weighted by atomic mass is 10.0. The van der Waals surface area contributed by atoms with Gasteiger partial charge in [-0.3, -0.25) is 4.79 Å². The fourth-order valence-corrected chi connectivity index (χ4v) is 2.84. The lowest BCUT2D eigenvalue weighted by Crippen LogP contribution is -1.85. The summed E-state index contributed by atoms with van der Waals surface area (Å²) in [5.74, 6) is 0. The van der Waals surface area contributed by atoms with E-state index in [0.29, 0.717) is 5.69 Å². The molecule has 0 aliphatic heterocycles. The molecule has 1 N–H and O–H groups in total. The Bertz CT molecular complexity index is 356. The number of carbonyl (C=O) groups excluding carboxylic acids is 1. The lowest BCUT2D eigenvalue weighted by molar-refractivity contribution is 0.111. The van der Waals surface area contributed by atoms with Crippen LogP contribution in [0.4, 0.5) is 0 Å². The van der Waals surface area contributed by atoms with E-state index in [9.17, 15) is 4.79 Å². The fraction of sp³-hybridized carbons (Fsp3) is 0.737. The van der Waals surface area contributed by atoms with E-state index in [1.54, 1.807) is 0 Å². The summed E-state index contributed by atoms with van der Waals surface area (Å²) >= 11 is 0. The number of hydrogen-bond donors (Lipinski definition) is 1. The quantitative estimate of drug-likeness (QED) is 0.327. The number of aromatic amines is 1. The average Bonchev–Trinajstić information content (AvgIpc) is 2.96. The third-order valence-corrected chi connectivity index (χ3v) is 4.21. The molecular formula is C19H33NO. The van der Waals surface area contributed by atoms with E-state index < -0.39 is 0 Å². The van der Waals surface area contributed by atoms with Crippen molar-refractivity contribution in [2.24, 2.45) is 0 Å². The van der Waals surface area contributed by atoms with E-state index in [1.165, 1.54) is 82.6 Å². The molecule has 2 heteroatoms. The molecule has 0 bridgehead atoms. The maximum Gasteiger partial charge on any atom is 0.166 e. The number of carbonyl (C=O) groups is 1. The summed E-state index contributed by atoms with van der Waals surface area (Å²) in [7, 11) is 0. The molecule has 0 radical (unpaired) electrons. The minimum absolute atomic E-state index is 0.698. The Morgan fingerprint density at radius 2 is 1.38 bits per heavy atom. The Labute approximate surface area is 130 Å². The number of aryl methyl sites for hydroxylation is 1. The first-order valence-corrected chi connectivity index (χ1v) is 8.99. The molecule has 0 fully saturated rings. The van der Waals surface area contributed by atoms with Gasteiger partial charge >= 0.3 is 0 Å². The number of hydrogen-bond acceptors (Lipinski definition) is 1. The molecule has 1 rings (SSSR count). The maximum atomic E-state index is 10.6. The number of unbranched alkanes of at least 4 members (excludes halogenated alkanes) is 11. The molecule has 0 saturated heterocycles. The Balaban J connectivity index is 1.81. The first-order chi connectivity index (χ1) is 10.4. The molecule has 0 atom stereocenters. The zero-order chi connectivity index (χ0) is 15.2. The van der Waals surface area contributed by atoms with Gasteiger partial charge in [0, 0.05) is 6.20 Å². The van der Waals surface area contributed by atoms with Crippen molar-refractivity contribution in [3.8, 4) is 0 Å². The second-order valence-corrected chi connectivity index (χ2v) is 6.22. The molecule has 0 aliphatic carbocycles. The highest BCUT2D eigenvalue weighted by Gasteiger charge is 1.98. The van der Waals surface area contributed by atoms with Crippen molar-refractivity contribution in [2.45, 2.75) is 90.4 Å². The Hall–Kier alpha value is -1.05. The van der Waals surface area contributed by atoms with Gasteiger partial charge in [-0.1, -0.05) is 77.6 Å². The van der Waals surface area contributed by atoms with E-state index in [4.69, 9.17) is 0 Å². The third-order valence-electron chi connectivity index (χ3n) is 4.21. The monoisotopic (exact) mass is 291 g/mol. The standard InChI is InChI=1S/C19H33NO/c1-2-3-4-5-6-7-8-9-10-11-12-13-14-18-15-19(17-21)20-16-18/h15-17,20H,2-14H2,1H3. The van der Waals surface area contributed by atoms with Crippen LogP contribution < -0.4 is 0 Å². The zero-order valence-electron chi connectivity index (χ0n) is 13.8. The van der Waals surface area contributed by atoms with Crippen molar-refractivity contribution in [2.75, 3.05) is 0 Å². The van der Waals surface area contributed by atoms with Crippen LogP contribution in [0.15, 0.2) is 12.3 Å². The summed E-state index contributed by atoms with van der Waals surface area (Å²) in [6.45, 7) is 2.28. The normalized spacial score (nSPS) is 10.9. The van der Waals surface area contributed by atoms with Crippen molar-refractivity contribution >= 4 is 6.29 Å². The van der Waals surface area contributed by atoms with Crippen LogP contribution >= 0.6 is 0 Å². The van der Waals surface area contributed by atoms with Crippen LogP contribution in [0.5, 0.6) is 0 Å². The smallest absolute Gasteiger partial charge is 0.166 e. The van der Waals surface area contributed by atoms with Crippen LogP contribution in [-0.4, -0.2) is 11.3 Å². The van der Waals surface area contributed by atoms with Gasteiger partial charge in [0.15, 0.2) is 6.29 Å². The van der Waals surface area contributed by atoms with Crippen LogP contribution in [0.2, 0.25) is 0 Å². The second kappa shape index (κ2) is 12.7.